The molecule has 0 aromatic carbocycles. The minimum atomic E-state index is 0.723. The van der Waals surface area contributed by atoms with Gasteiger partial charge in [-0.15, -0.1) is 11.6 Å². The van der Waals surface area contributed by atoms with Gasteiger partial charge in [-0.2, -0.15) is 11.8 Å². The van der Waals surface area contributed by atoms with Crippen LogP contribution in [-0.4, -0.2) is 40.9 Å². The van der Waals surface area contributed by atoms with Crippen molar-refractivity contribution in [2.45, 2.75) is 31.8 Å². The van der Waals surface area contributed by atoms with E-state index in [4.69, 9.17) is 11.6 Å². The first-order valence-corrected chi connectivity index (χ1v) is 6.91. The van der Waals surface area contributed by atoms with Crippen molar-refractivity contribution in [1.29, 1.82) is 0 Å². The highest BCUT2D eigenvalue weighted by Crippen LogP contribution is 2.32. The summed E-state index contributed by atoms with van der Waals surface area (Å²) in [6, 6.07) is 1.58. The fourth-order valence-electron chi connectivity index (χ4n) is 2.54. The monoisotopic (exact) mass is 219 g/mol. The van der Waals surface area contributed by atoms with Crippen molar-refractivity contribution in [3.05, 3.63) is 0 Å². The minimum absolute atomic E-state index is 0.723. The summed E-state index contributed by atoms with van der Waals surface area (Å²) in [5.74, 6) is 4.29. The summed E-state index contributed by atoms with van der Waals surface area (Å²) in [6.45, 7) is 3.63. The Bertz CT molecular complexity index is 170. The lowest BCUT2D eigenvalue weighted by Crippen LogP contribution is -2.39. The number of thioether (sulfide) groups is 1. The number of likely N-dealkylation sites (tertiary alicyclic amines) is 1. The highest BCUT2D eigenvalue weighted by molar-refractivity contribution is 7.99. The molecule has 2 aliphatic heterocycles. The van der Waals surface area contributed by atoms with Gasteiger partial charge in [0.2, 0.25) is 0 Å². The van der Waals surface area contributed by atoms with E-state index in [0.717, 1.165) is 23.9 Å². The van der Waals surface area contributed by atoms with Crippen molar-refractivity contribution in [2.75, 3.05) is 23.9 Å². The van der Waals surface area contributed by atoms with E-state index >= 15 is 0 Å². The molecule has 0 radical (unpaired) electrons. The molecule has 2 rings (SSSR count). The summed E-state index contributed by atoms with van der Waals surface area (Å²) in [4.78, 5) is 2.69. The van der Waals surface area contributed by atoms with E-state index in [1.807, 2.05) is 0 Å². The lowest BCUT2D eigenvalue weighted by Gasteiger charge is -2.29. The lowest BCUT2D eigenvalue weighted by molar-refractivity contribution is 0.192. The van der Waals surface area contributed by atoms with E-state index in [1.165, 1.54) is 30.9 Å². The van der Waals surface area contributed by atoms with Crippen LogP contribution in [0.25, 0.3) is 0 Å². The van der Waals surface area contributed by atoms with Crippen LogP contribution < -0.4 is 0 Å². The smallest absolute Gasteiger partial charge is 0.0267 e. The fourth-order valence-corrected chi connectivity index (χ4v) is 4.18. The van der Waals surface area contributed by atoms with Gasteiger partial charge >= 0.3 is 0 Å². The second-order valence-corrected chi connectivity index (χ2v) is 5.66. The van der Waals surface area contributed by atoms with Gasteiger partial charge in [-0.3, -0.25) is 4.90 Å². The van der Waals surface area contributed by atoms with E-state index in [9.17, 15) is 0 Å². The third-order valence-corrected chi connectivity index (χ3v) is 5.08. The van der Waals surface area contributed by atoms with Crippen molar-refractivity contribution in [3.63, 3.8) is 0 Å². The van der Waals surface area contributed by atoms with Crippen molar-refractivity contribution in [3.8, 4) is 0 Å². The first-order chi connectivity index (χ1) is 6.33. The lowest BCUT2D eigenvalue weighted by atomic mass is 10.0. The number of rotatable bonds is 2. The standard InChI is InChI=1S/C10H18ClNS/c1-8-9(6-11)2-4-12(8)10-3-5-13-7-10/h8-10H,2-7H2,1H3. The molecule has 1 nitrogen and oxygen atoms in total. The fraction of sp³-hybridized carbons (Fsp3) is 1.00. The molecular weight excluding hydrogens is 202 g/mol. The predicted octanol–water partition coefficient (Wildman–Crippen LogP) is 2.44. The first kappa shape index (κ1) is 10.1. The molecule has 0 spiro atoms. The molecule has 3 atom stereocenters. The maximum atomic E-state index is 5.94. The summed E-state index contributed by atoms with van der Waals surface area (Å²) in [5.41, 5.74) is 0. The number of hydrogen-bond acceptors (Lipinski definition) is 2. The Morgan fingerprint density at radius 3 is 2.85 bits per heavy atom. The third kappa shape index (κ3) is 2.00. The molecule has 0 aromatic heterocycles. The van der Waals surface area contributed by atoms with Crippen LogP contribution in [0.1, 0.15) is 19.8 Å². The number of halogens is 1. The van der Waals surface area contributed by atoms with Crippen LogP contribution in [-0.2, 0) is 0 Å². The summed E-state index contributed by atoms with van der Waals surface area (Å²) < 4.78 is 0. The van der Waals surface area contributed by atoms with E-state index in [-0.39, 0.29) is 0 Å². The van der Waals surface area contributed by atoms with Gasteiger partial charge in [0.25, 0.3) is 0 Å². The molecule has 0 amide bonds. The molecule has 76 valence electrons. The maximum absolute atomic E-state index is 5.94. The Labute approximate surface area is 90.2 Å². The molecule has 0 aromatic rings. The number of alkyl halides is 1. The molecule has 2 saturated heterocycles. The van der Waals surface area contributed by atoms with Crippen LogP contribution in [0, 0.1) is 5.92 Å². The zero-order valence-electron chi connectivity index (χ0n) is 8.21. The Morgan fingerprint density at radius 1 is 1.46 bits per heavy atom. The molecule has 3 heteroatoms. The average Bonchev–Trinajstić information content (AvgIpc) is 2.72. The zero-order chi connectivity index (χ0) is 9.26. The van der Waals surface area contributed by atoms with Crippen LogP contribution in [0.5, 0.6) is 0 Å². The van der Waals surface area contributed by atoms with Gasteiger partial charge in [0.05, 0.1) is 0 Å². The first-order valence-electron chi connectivity index (χ1n) is 5.22. The maximum Gasteiger partial charge on any atom is 0.0267 e. The number of hydrogen-bond donors (Lipinski definition) is 0. The second kappa shape index (κ2) is 4.41. The molecule has 2 fully saturated rings. The topological polar surface area (TPSA) is 3.24 Å². The van der Waals surface area contributed by atoms with Gasteiger partial charge in [-0.05, 0) is 38.0 Å². The van der Waals surface area contributed by atoms with Crippen molar-refractivity contribution in [1.82, 2.24) is 4.90 Å². The van der Waals surface area contributed by atoms with Crippen LogP contribution in [0.2, 0.25) is 0 Å². The normalized spacial score (nSPS) is 41.5. The molecule has 2 aliphatic rings. The van der Waals surface area contributed by atoms with Gasteiger partial charge in [0.1, 0.15) is 0 Å². The van der Waals surface area contributed by atoms with Gasteiger partial charge in [-0.1, -0.05) is 0 Å². The van der Waals surface area contributed by atoms with Gasteiger partial charge in [0.15, 0.2) is 0 Å². The SMILES string of the molecule is CC1C(CCl)CCN1C1CCSC1. The van der Waals surface area contributed by atoms with Gasteiger partial charge < -0.3 is 0 Å². The van der Waals surface area contributed by atoms with Crippen LogP contribution in [0.15, 0.2) is 0 Å². The van der Waals surface area contributed by atoms with Gasteiger partial charge in [-0.25, -0.2) is 0 Å². The molecule has 0 saturated carbocycles. The van der Waals surface area contributed by atoms with Crippen LogP contribution in [0.3, 0.4) is 0 Å². The number of nitrogens with zero attached hydrogens (tertiary/aromatic N) is 1. The van der Waals surface area contributed by atoms with E-state index in [0.29, 0.717) is 0 Å². The highest BCUT2D eigenvalue weighted by Gasteiger charge is 2.35. The van der Waals surface area contributed by atoms with Crippen molar-refractivity contribution < 1.29 is 0 Å². The molecule has 3 unspecified atom stereocenters. The summed E-state index contributed by atoms with van der Waals surface area (Å²) in [5, 5.41) is 0. The highest BCUT2D eigenvalue weighted by atomic mass is 35.5. The Kier molecular flexibility index (Phi) is 3.44. The Hall–Kier alpha value is 0.600. The van der Waals surface area contributed by atoms with E-state index in [1.54, 1.807) is 0 Å². The quantitative estimate of drug-likeness (QED) is 0.657. The summed E-state index contributed by atoms with van der Waals surface area (Å²) in [6.07, 6.45) is 2.70. The molecule has 2 heterocycles. The van der Waals surface area contributed by atoms with Crippen LogP contribution in [0.4, 0.5) is 0 Å². The second-order valence-electron chi connectivity index (χ2n) is 4.20. The van der Waals surface area contributed by atoms with Crippen molar-refractivity contribution in [2.24, 2.45) is 5.92 Å². The molecule has 13 heavy (non-hydrogen) atoms. The minimum Gasteiger partial charge on any atom is -0.297 e. The average molecular weight is 220 g/mol. The predicted molar refractivity (Wildman–Crippen MR) is 60.7 cm³/mol. The molecule has 0 aliphatic carbocycles. The largest absolute Gasteiger partial charge is 0.297 e. The van der Waals surface area contributed by atoms with Gasteiger partial charge in [0, 0.05) is 23.7 Å². The van der Waals surface area contributed by atoms with E-state index < -0.39 is 0 Å². The molecule has 0 bridgehead atoms. The van der Waals surface area contributed by atoms with Crippen molar-refractivity contribution >= 4 is 23.4 Å². The summed E-state index contributed by atoms with van der Waals surface area (Å²) in [7, 11) is 0. The Morgan fingerprint density at radius 2 is 2.31 bits per heavy atom. The van der Waals surface area contributed by atoms with E-state index in [2.05, 4.69) is 23.6 Å². The third-order valence-electron chi connectivity index (χ3n) is 3.54. The zero-order valence-corrected chi connectivity index (χ0v) is 9.78. The molecular formula is C10H18ClNS. The Balaban J connectivity index is 1.93. The van der Waals surface area contributed by atoms with Crippen LogP contribution >= 0.6 is 23.4 Å². The summed E-state index contributed by atoms with van der Waals surface area (Å²) >= 11 is 8.05. The molecule has 0 N–H and O–H groups in total.